The summed E-state index contributed by atoms with van der Waals surface area (Å²) in [6.07, 6.45) is 0. The zero-order valence-electron chi connectivity index (χ0n) is 20.4. The van der Waals surface area contributed by atoms with E-state index in [2.05, 4.69) is 27.0 Å². The Morgan fingerprint density at radius 2 is 1.89 bits per heavy atom. The molecule has 0 atom stereocenters. The van der Waals surface area contributed by atoms with Gasteiger partial charge in [-0.15, -0.1) is 0 Å². The first-order valence-electron chi connectivity index (χ1n) is 11.6. The molecule has 0 aliphatic heterocycles. The molecule has 0 radical (unpaired) electrons. The molecule has 6 nitrogen and oxygen atoms in total. The third-order valence-corrected chi connectivity index (χ3v) is 5.84. The van der Waals surface area contributed by atoms with E-state index in [1.54, 1.807) is 6.07 Å². The number of aromatic hydroxyl groups is 1. The summed E-state index contributed by atoms with van der Waals surface area (Å²) in [5.41, 5.74) is 5.07. The van der Waals surface area contributed by atoms with Crippen LogP contribution in [-0.2, 0) is 11.3 Å². The van der Waals surface area contributed by atoms with Crippen molar-refractivity contribution in [3.05, 3.63) is 94.0 Å². The predicted molar refractivity (Wildman–Crippen MR) is 146 cm³/mol. The maximum Gasteiger partial charge on any atom is 0.296 e. The minimum atomic E-state index is -0.332. The van der Waals surface area contributed by atoms with Gasteiger partial charge in [-0.25, -0.2) is 4.99 Å². The Balaban J connectivity index is 1.81. The lowest BCUT2D eigenvalue weighted by atomic mass is 10.00. The lowest BCUT2D eigenvalue weighted by Gasteiger charge is -2.12. The molecule has 182 valence electrons. The molecule has 0 saturated heterocycles. The molecule has 0 aliphatic carbocycles. The van der Waals surface area contributed by atoms with Gasteiger partial charge < -0.3 is 20.3 Å². The van der Waals surface area contributed by atoms with Crippen molar-refractivity contribution in [2.75, 3.05) is 20.6 Å². The quantitative estimate of drug-likeness (QED) is 0.251. The number of benzene rings is 3. The van der Waals surface area contributed by atoms with Crippen LogP contribution in [0.25, 0.3) is 10.9 Å². The van der Waals surface area contributed by atoms with E-state index in [0.29, 0.717) is 39.6 Å². The smallest absolute Gasteiger partial charge is 0.296 e. The Bertz CT molecular complexity index is 1490. The van der Waals surface area contributed by atoms with Crippen LogP contribution in [0.5, 0.6) is 5.88 Å². The molecule has 0 spiro atoms. The molecule has 3 N–H and O–H groups in total. The van der Waals surface area contributed by atoms with Gasteiger partial charge >= 0.3 is 0 Å². The van der Waals surface area contributed by atoms with Crippen molar-refractivity contribution in [3.8, 4) is 17.7 Å². The van der Waals surface area contributed by atoms with E-state index in [4.69, 9.17) is 16.6 Å². The van der Waals surface area contributed by atoms with Gasteiger partial charge in [0.2, 0.25) is 0 Å². The molecule has 1 heterocycles. The fourth-order valence-corrected chi connectivity index (χ4v) is 4.13. The molecule has 0 bridgehead atoms. The summed E-state index contributed by atoms with van der Waals surface area (Å²) in [5.74, 6) is 5.10. The Kier molecular flexibility index (Phi) is 7.74. The van der Waals surface area contributed by atoms with Crippen molar-refractivity contribution in [1.82, 2.24) is 15.2 Å². The van der Waals surface area contributed by atoms with E-state index < -0.39 is 0 Å². The monoisotopic (exact) mass is 498 g/mol. The highest BCUT2D eigenvalue weighted by molar-refractivity contribution is 6.31. The van der Waals surface area contributed by atoms with Crippen molar-refractivity contribution in [2.45, 2.75) is 13.5 Å². The molecule has 1 aromatic heterocycles. The molecule has 3 aromatic carbocycles. The standard InChI is InChI=1S/C29H27ClN4O2/c1-4-31-26(35)15-11-19-10-14-23-25(16-19)33-29(36)27(23)28(20-8-6-5-7-9-20)32-22-13-12-21(18-34(2)3)24(30)17-22/h5-10,12-14,16-17,33,36H,4,18H2,1-3H3,(H,31,35). The average Bonchev–Trinajstić information content (AvgIpc) is 3.18. The highest BCUT2D eigenvalue weighted by Crippen LogP contribution is 2.33. The number of aromatic nitrogens is 1. The van der Waals surface area contributed by atoms with Crippen molar-refractivity contribution >= 4 is 39.8 Å². The maximum atomic E-state index is 11.7. The number of aromatic amines is 1. The second-order valence-corrected chi connectivity index (χ2v) is 8.97. The Labute approximate surface area is 215 Å². The van der Waals surface area contributed by atoms with Gasteiger partial charge in [0, 0.05) is 40.5 Å². The first kappa shape index (κ1) is 25.1. The second-order valence-electron chi connectivity index (χ2n) is 8.56. The number of carbonyl (C=O) groups excluding carboxylic acids is 1. The highest BCUT2D eigenvalue weighted by Gasteiger charge is 2.19. The van der Waals surface area contributed by atoms with E-state index in [9.17, 15) is 9.90 Å². The largest absolute Gasteiger partial charge is 0.494 e. The Morgan fingerprint density at radius 3 is 2.58 bits per heavy atom. The molecule has 0 unspecified atom stereocenters. The number of H-pyrrole nitrogens is 1. The van der Waals surface area contributed by atoms with Crippen molar-refractivity contribution in [3.63, 3.8) is 0 Å². The Hall–Kier alpha value is -4.05. The normalized spacial score (nSPS) is 11.4. The van der Waals surface area contributed by atoms with Gasteiger partial charge in [0.25, 0.3) is 5.91 Å². The number of hydrogen-bond acceptors (Lipinski definition) is 4. The van der Waals surface area contributed by atoms with Crippen molar-refractivity contribution in [2.24, 2.45) is 4.99 Å². The first-order valence-corrected chi connectivity index (χ1v) is 12.0. The van der Waals surface area contributed by atoms with Gasteiger partial charge in [-0.05, 0) is 50.8 Å². The van der Waals surface area contributed by atoms with Crippen LogP contribution in [0.4, 0.5) is 5.69 Å². The minimum absolute atomic E-state index is 0.00300. The van der Waals surface area contributed by atoms with Gasteiger partial charge in [-0.2, -0.15) is 0 Å². The summed E-state index contributed by atoms with van der Waals surface area (Å²) in [6, 6.07) is 20.9. The topological polar surface area (TPSA) is 80.7 Å². The molecule has 36 heavy (non-hydrogen) atoms. The van der Waals surface area contributed by atoms with Gasteiger partial charge in [-0.1, -0.05) is 60.0 Å². The summed E-state index contributed by atoms with van der Waals surface area (Å²) < 4.78 is 0. The fourth-order valence-electron chi connectivity index (χ4n) is 3.90. The number of amides is 1. The number of nitrogens with zero attached hydrogens (tertiary/aromatic N) is 2. The molecule has 0 fully saturated rings. The van der Waals surface area contributed by atoms with E-state index in [1.165, 1.54) is 0 Å². The molecular formula is C29H27ClN4O2. The van der Waals surface area contributed by atoms with Gasteiger partial charge in [0.15, 0.2) is 5.88 Å². The number of halogens is 1. The lowest BCUT2D eigenvalue weighted by molar-refractivity contribution is -0.115. The van der Waals surface area contributed by atoms with E-state index >= 15 is 0 Å². The van der Waals surface area contributed by atoms with Crippen molar-refractivity contribution < 1.29 is 9.90 Å². The van der Waals surface area contributed by atoms with Crippen LogP contribution >= 0.6 is 11.6 Å². The third-order valence-electron chi connectivity index (χ3n) is 5.48. The molecule has 4 rings (SSSR count). The summed E-state index contributed by atoms with van der Waals surface area (Å²) in [4.78, 5) is 21.7. The number of aliphatic imine (C=N–C) groups is 1. The van der Waals surface area contributed by atoms with Gasteiger partial charge in [-0.3, -0.25) is 4.79 Å². The molecule has 0 aliphatic rings. The van der Waals surface area contributed by atoms with Crippen LogP contribution in [0.2, 0.25) is 5.02 Å². The molecule has 4 aromatic rings. The second kappa shape index (κ2) is 11.1. The molecular weight excluding hydrogens is 472 g/mol. The third kappa shape index (κ3) is 5.77. The summed E-state index contributed by atoms with van der Waals surface area (Å²) >= 11 is 6.55. The summed E-state index contributed by atoms with van der Waals surface area (Å²) in [7, 11) is 3.99. The summed E-state index contributed by atoms with van der Waals surface area (Å²) in [5, 5.41) is 15.0. The minimum Gasteiger partial charge on any atom is -0.494 e. The lowest BCUT2D eigenvalue weighted by Crippen LogP contribution is -2.20. The van der Waals surface area contributed by atoms with Crippen LogP contribution in [0.15, 0.2) is 71.7 Å². The number of nitrogens with one attached hydrogen (secondary N) is 2. The zero-order valence-corrected chi connectivity index (χ0v) is 21.1. The number of hydrogen-bond donors (Lipinski definition) is 3. The van der Waals surface area contributed by atoms with Crippen molar-refractivity contribution in [1.29, 1.82) is 0 Å². The van der Waals surface area contributed by atoms with Gasteiger partial charge in [0.05, 0.1) is 22.5 Å². The SMILES string of the molecule is CCNC(=O)C#Cc1ccc2c(C(=Nc3ccc(CN(C)C)c(Cl)c3)c3ccccc3)c(O)[nH]c2c1. The number of fused-ring (bicyclic) bond motifs is 1. The fraction of sp³-hybridized carbons (Fsp3) is 0.172. The zero-order chi connectivity index (χ0) is 25.7. The highest BCUT2D eigenvalue weighted by atomic mass is 35.5. The van der Waals surface area contributed by atoms with Crippen LogP contribution < -0.4 is 5.32 Å². The van der Waals surface area contributed by atoms with Crippen LogP contribution in [0, 0.1) is 11.8 Å². The maximum absolute atomic E-state index is 11.7. The van der Waals surface area contributed by atoms with E-state index in [0.717, 1.165) is 23.1 Å². The average molecular weight is 499 g/mol. The molecule has 0 saturated carbocycles. The summed E-state index contributed by atoms with van der Waals surface area (Å²) in [6.45, 7) is 3.08. The molecule has 1 amide bonds. The van der Waals surface area contributed by atoms with E-state index in [-0.39, 0.29) is 11.8 Å². The van der Waals surface area contributed by atoms with E-state index in [1.807, 2.05) is 81.7 Å². The van der Waals surface area contributed by atoms with Crippen LogP contribution in [0.3, 0.4) is 0 Å². The van der Waals surface area contributed by atoms with Gasteiger partial charge in [0.1, 0.15) is 0 Å². The Morgan fingerprint density at radius 1 is 1.11 bits per heavy atom. The number of carbonyl (C=O) groups is 1. The van der Waals surface area contributed by atoms with Crippen LogP contribution in [-0.4, -0.2) is 47.2 Å². The first-order chi connectivity index (χ1) is 17.4. The molecule has 7 heteroatoms. The predicted octanol–water partition coefficient (Wildman–Crippen LogP) is 5.25. The number of rotatable bonds is 6. The van der Waals surface area contributed by atoms with Crippen LogP contribution in [0.1, 0.15) is 29.2 Å².